The maximum atomic E-state index is 10.4. The zero-order chi connectivity index (χ0) is 12.5. The Morgan fingerprint density at radius 3 is 3.00 bits per heavy atom. The fraction of sp³-hybridized carbons (Fsp3) is 0.455. The molecule has 0 saturated carbocycles. The first-order valence-corrected chi connectivity index (χ1v) is 5.36. The van der Waals surface area contributed by atoms with Gasteiger partial charge in [0.2, 0.25) is 0 Å². The molecule has 0 aliphatic heterocycles. The van der Waals surface area contributed by atoms with Gasteiger partial charge in [-0.05, 0) is 12.5 Å². The van der Waals surface area contributed by atoms with Crippen LogP contribution in [0.4, 0.5) is 5.88 Å². The Kier molecular flexibility index (Phi) is 5.98. The summed E-state index contributed by atoms with van der Waals surface area (Å²) in [7, 11) is 0. The molecule has 0 unspecified atom stereocenters. The lowest BCUT2D eigenvalue weighted by Crippen LogP contribution is -2.19. The number of rotatable bonds is 9. The van der Waals surface area contributed by atoms with Crippen LogP contribution in [0.1, 0.15) is 12.2 Å². The first-order chi connectivity index (χ1) is 8.24. The van der Waals surface area contributed by atoms with E-state index >= 15 is 0 Å². The van der Waals surface area contributed by atoms with E-state index in [-0.39, 0.29) is 5.88 Å². The highest BCUT2D eigenvalue weighted by molar-refractivity contribution is 5.17. The molecule has 0 amide bonds. The Hall–Kier alpha value is -1.66. The smallest absolute Gasteiger partial charge is 0.404 e. The van der Waals surface area contributed by atoms with Crippen molar-refractivity contribution in [1.82, 2.24) is 5.32 Å². The topological polar surface area (TPSA) is 77.5 Å². The second-order valence-electron chi connectivity index (χ2n) is 3.36. The molecule has 1 aromatic heterocycles. The van der Waals surface area contributed by atoms with Crippen LogP contribution in [0, 0.1) is 10.1 Å². The van der Waals surface area contributed by atoms with Gasteiger partial charge in [0.15, 0.2) is 0 Å². The van der Waals surface area contributed by atoms with Crippen molar-refractivity contribution in [3.05, 3.63) is 40.7 Å². The summed E-state index contributed by atoms with van der Waals surface area (Å²) in [6.45, 7) is 5.98. The van der Waals surface area contributed by atoms with Gasteiger partial charge >= 0.3 is 5.88 Å². The molecule has 6 nitrogen and oxygen atoms in total. The zero-order valence-electron chi connectivity index (χ0n) is 9.55. The molecule has 0 aliphatic rings. The molecule has 1 rings (SSSR count). The molecule has 0 atom stereocenters. The summed E-state index contributed by atoms with van der Waals surface area (Å²) in [6, 6.07) is 2.93. The number of hydrogen-bond acceptors (Lipinski definition) is 5. The first kappa shape index (κ1) is 13.4. The van der Waals surface area contributed by atoms with Crippen molar-refractivity contribution >= 4 is 5.88 Å². The van der Waals surface area contributed by atoms with E-state index in [4.69, 9.17) is 9.15 Å². The third kappa shape index (κ3) is 5.28. The maximum Gasteiger partial charge on any atom is 0.433 e. The van der Waals surface area contributed by atoms with Gasteiger partial charge in [-0.1, -0.05) is 6.08 Å². The Bertz CT molecular complexity index is 362. The van der Waals surface area contributed by atoms with Gasteiger partial charge in [-0.25, -0.2) is 0 Å². The fourth-order valence-electron chi connectivity index (χ4n) is 1.18. The minimum Gasteiger partial charge on any atom is -0.404 e. The van der Waals surface area contributed by atoms with Crippen molar-refractivity contribution in [2.24, 2.45) is 0 Å². The lowest BCUT2D eigenvalue weighted by molar-refractivity contribution is -0.402. The van der Waals surface area contributed by atoms with Gasteiger partial charge in [-0.15, -0.1) is 6.58 Å². The lowest BCUT2D eigenvalue weighted by Gasteiger charge is -2.03. The van der Waals surface area contributed by atoms with Gasteiger partial charge in [0.25, 0.3) is 0 Å². The molecule has 1 N–H and O–H groups in total. The highest BCUT2D eigenvalue weighted by Gasteiger charge is 2.10. The molecular weight excluding hydrogens is 224 g/mol. The molecule has 1 heterocycles. The second-order valence-corrected chi connectivity index (χ2v) is 3.36. The SMILES string of the molecule is C=CCCOCCNCc1ccc([N+](=O)[O-])o1. The molecule has 6 heteroatoms. The monoisotopic (exact) mass is 240 g/mol. The lowest BCUT2D eigenvalue weighted by atomic mass is 10.4. The number of hydrogen-bond donors (Lipinski definition) is 1. The summed E-state index contributed by atoms with van der Waals surface area (Å²) in [5.41, 5.74) is 0. The molecule has 0 radical (unpaired) electrons. The van der Waals surface area contributed by atoms with Crippen molar-refractivity contribution in [2.75, 3.05) is 19.8 Å². The standard InChI is InChI=1S/C11H16N2O4/c1-2-3-7-16-8-6-12-9-10-4-5-11(17-10)13(14)15/h2,4-5,12H,1,3,6-9H2. The van der Waals surface area contributed by atoms with Crippen molar-refractivity contribution in [1.29, 1.82) is 0 Å². The molecule has 0 bridgehead atoms. The average Bonchev–Trinajstić information content (AvgIpc) is 2.77. The van der Waals surface area contributed by atoms with E-state index in [0.29, 0.717) is 32.1 Å². The molecule has 0 spiro atoms. The second kappa shape index (κ2) is 7.59. The summed E-state index contributed by atoms with van der Waals surface area (Å²) < 4.78 is 10.3. The fourth-order valence-corrected chi connectivity index (χ4v) is 1.18. The molecule has 0 saturated heterocycles. The minimum absolute atomic E-state index is 0.232. The van der Waals surface area contributed by atoms with Crippen molar-refractivity contribution in [2.45, 2.75) is 13.0 Å². The number of ether oxygens (including phenoxy) is 1. The maximum absolute atomic E-state index is 10.4. The third-order valence-corrected chi connectivity index (χ3v) is 2.02. The molecule has 1 aromatic rings. The van der Waals surface area contributed by atoms with Gasteiger partial charge in [0.1, 0.15) is 10.7 Å². The Morgan fingerprint density at radius 1 is 1.53 bits per heavy atom. The number of nitrogens with one attached hydrogen (secondary N) is 1. The Morgan fingerprint density at radius 2 is 2.35 bits per heavy atom. The number of furan rings is 1. The summed E-state index contributed by atoms with van der Waals surface area (Å²) in [5, 5.41) is 13.4. The predicted molar refractivity (Wildman–Crippen MR) is 62.7 cm³/mol. The number of nitrogens with zero attached hydrogens (tertiary/aromatic N) is 1. The molecule has 17 heavy (non-hydrogen) atoms. The van der Waals surface area contributed by atoms with Crippen LogP contribution >= 0.6 is 0 Å². The Labute approximate surface area is 99.4 Å². The van der Waals surface area contributed by atoms with E-state index in [1.54, 1.807) is 12.1 Å². The van der Waals surface area contributed by atoms with E-state index < -0.39 is 4.92 Å². The van der Waals surface area contributed by atoms with Crippen LogP contribution < -0.4 is 5.32 Å². The molecule has 94 valence electrons. The largest absolute Gasteiger partial charge is 0.433 e. The first-order valence-electron chi connectivity index (χ1n) is 5.36. The Balaban J connectivity index is 2.09. The van der Waals surface area contributed by atoms with Gasteiger partial charge in [0.05, 0.1) is 25.8 Å². The molecular formula is C11H16N2O4. The van der Waals surface area contributed by atoms with E-state index in [9.17, 15) is 10.1 Å². The summed E-state index contributed by atoms with van der Waals surface area (Å²) in [5.74, 6) is 0.312. The number of nitro groups is 1. The summed E-state index contributed by atoms with van der Waals surface area (Å²) in [4.78, 5) is 9.80. The van der Waals surface area contributed by atoms with E-state index in [1.165, 1.54) is 6.07 Å². The van der Waals surface area contributed by atoms with Crippen LogP contribution in [0.3, 0.4) is 0 Å². The van der Waals surface area contributed by atoms with Crippen molar-refractivity contribution < 1.29 is 14.1 Å². The normalized spacial score (nSPS) is 10.4. The van der Waals surface area contributed by atoms with Gasteiger partial charge in [-0.2, -0.15) is 0 Å². The van der Waals surface area contributed by atoms with Gasteiger partial charge < -0.3 is 14.5 Å². The van der Waals surface area contributed by atoms with Crippen LogP contribution in [0.2, 0.25) is 0 Å². The third-order valence-electron chi connectivity index (χ3n) is 2.02. The van der Waals surface area contributed by atoms with Crippen LogP contribution in [0.25, 0.3) is 0 Å². The van der Waals surface area contributed by atoms with Crippen LogP contribution in [0.5, 0.6) is 0 Å². The van der Waals surface area contributed by atoms with Gasteiger partial charge in [-0.3, -0.25) is 10.1 Å². The quantitative estimate of drug-likeness (QED) is 0.308. The molecule has 0 aliphatic carbocycles. The zero-order valence-corrected chi connectivity index (χ0v) is 9.55. The predicted octanol–water partition coefficient (Wildman–Crippen LogP) is 1.87. The van der Waals surface area contributed by atoms with Crippen molar-refractivity contribution in [3.63, 3.8) is 0 Å². The highest BCUT2D eigenvalue weighted by Crippen LogP contribution is 2.14. The van der Waals surface area contributed by atoms with Crippen LogP contribution in [-0.2, 0) is 11.3 Å². The molecule has 0 aromatic carbocycles. The highest BCUT2D eigenvalue weighted by atomic mass is 16.6. The van der Waals surface area contributed by atoms with E-state index in [0.717, 1.165) is 6.42 Å². The van der Waals surface area contributed by atoms with Crippen molar-refractivity contribution in [3.8, 4) is 0 Å². The minimum atomic E-state index is -0.554. The van der Waals surface area contributed by atoms with Crippen LogP contribution in [0.15, 0.2) is 29.2 Å². The van der Waals surface area contributed by atoms with Gasteiger partial charge in [0, 0.05) is 6.54 Å². The summed E-state index contributed by atoms with van der Waals surface area (Å²) in [6.07, 6.45) is 2.64. The average molecular weight is 240 g/mol. The van der Waals surface area contributed by atoms with E-state index in [2.05, 4.69) is 11.9 Å². The summed E-state index contributed by atoms with van der Waals surface area (Å²) >= 11 is 0. The van der Waals surface area contributed by atoms with Crippen LogP contribution in [-0.4, -0.2) is 24.7 Å². The van der Waals surface area contributed by atoms with E-state index in [1.807, 2.05) is 0 Å². The molecule has 0 fully saturated rings.